The Bertz CT molecular complexity index is 951. The van der Waals surface area contributed by atoms with Gasteiger partial charge in [0.25, 0.3) is 5.56 Å². The molecule has 190 valence electrons. The molecular formula is C22H34N3O8P. The van der Waals surface area contributed by atoms with Crippen LogP contribution in [0.5, 0.6) is 5.75 Å². The second kappa shape index (κ2) is 16.1. The summed E-state index contributed by atoms with van der Waals surface area (Å²) in [6.07, 6.45) is 1.31. The Balaban J connectivity index is 0.00000281. The molecule has 3 atom stereocenters. The largest absolute Gasteiger partial charge is 0.462 e. The summed E-state index contributed by atoms with van der Waals surface area (Å²) in [7, 11) is 0.847. The molecule has 0 amide bonds. The van der Waals surface area contributed by atoms with Crippen molar-refractivity contribution in [1.82, 2.24) is 14.6 Å². The summed E-state index contributed by atoms with van der Waals surface area (Å²) in [5, 5.41) is 10.0. The molecule has 1 aromatic heterocycles. The van der Waals surface area contributed by atoms with E-state index in [1.165, 1.54) is 16.8 Å². The zero-order valence-electron chi connectivity index (χ0n) is 20.1. The maximum Gasteiger partial charge on any atom is 0.328 e. The van der Waals surface area contributed by atoms with Gasteiger partial charge >= 0.3 is 20.2 Å². The minimum Gasteiger partial charge on any atom is -0.462 e. The van der Waals surface area contributed by atoms with Crippen LogP contribution < -0.4 is 20.9 Å². The predicted octanol–water partition coefficient (Wildman–Crippen LogP) is 1.80. The van der Waals surface area contributed by atoms with Crippen molar-refractivity contribution in [2.24, 2.45) is 0 Å². The number of benzene rings is 1. The molecule has 12 heteroatoms. The van der Waals surface area contributed by atoms with Crippen molar-refractivity contribution in [3.8, 4) is 5.75 Å². The van der Waals surface area contributed by atoms with Crippen molar-refractivity contribution in [3.05, 3.63) is 63.4 Å². The number of hydrogen-bond acceptors (Lipinski definition) is 9. The number of aromatic nitrogens is 2. The third kappa shape index (κ3) is 11.0. The fraction of sp³-hybridized carbons (Fsp3) is 0.500. The lowest BCUT2D eigenvalue weighted by Crippen LogP contribution is -2.35. The molecule has 0 radical (unpaired) electrons. The summed E-state index contributed by atoms with van der Waals surface area (Å²) in [6, 6.07) is 9.74. The number of aryl methyl sites for hydroxylation is 1. The van der Waals surface area contributed by atoms with Crippen molar-refractivity contribution in [2.75, 3.05) is 20.8 Å². The normalized spacial score (nSPS) is 13.4. The lowest BCUT2D eigenvalue weighted by Gasteiger charge is -2.24. The number of methoxy groups -OCH3 is 1. The summed E-state index contributed by atoms with van der Waals surface area (Å²) in [5.74, 6) is 0.179. The van der Waals surface area contributed by atoms with E-state index in [1.54, 1.807) is 40.0 Å². The summed E-state index contributed by atoms with van der Waals surface area (Å²) in [5.41, 5.74) is -0.931. The molecule has 3 unspecified atom stereocenters. The molecule has 0 bridgehead atoms. The number of nitrogens with one attached hydrogen (secondary N) is 2. The fourth-order valence-corrected chi connectivity index (χ4v) is 3.75. The molecule has 0 aliphatic rings. The van der Waals surface area contributed by atoms with Crippen LogP contribution in [0.4, 0.5) is 0 Å². The van der Waals surface area contributed by atoms with Crippen LogP contribution in [-0.2, 0) is 25.3 Å². The number of aliphatic hydroxyl groups excluding tert-OH is 1. The first kappa shape index (κ1) is 29.5. The number of esters is 1. The van der Waals surface area contributed by atoms with E-state index in [2.05, 4.69) is 10.1 Å². The highest BCUT2D eigenvalue weighted by molar-refractivity contribution is 7.45. The van der Waals surface area contributed by atoms with Crippen LogP contribution in [0, 0.1) is 0 Å². The third-order valence-corrected chi connectivity index (χ3v) is 5.59. The van der Waals surface area contributed by atoms with Gasteiger partial charge < -0.3 is 28.2 Å². The molecule has 11 nitrogen and oxygen atoms in total. The third-order valence-electron chi connectivity index (χ3n) is 4.24. The van der Waals surface area contributed by atoms with Crippen LogP contribution >= 0.6 is 8.53 Å². The Morgan fingerprint density at radius 3 is 2.41 bits per heavy atom. The van der Waals surface area contributed by atoms with E-state index in [9.17, 15) is 14.4 Å². The molecule has 0 aliphatic carbocycles. The molecule has 1 aromatic carbocycles. The molecule has 3 N–H and O–H groups in total. The van der Waals surface area contributed by atoms with Gasteiger partial charge in [-0.2, -0.15) is 0 Å². The summed E-state index contributed by atoms with van der Waals surface area (Å²) in [4.78, 5) is 37.4. The SMILES string of the molecule is CO.COC(CCn1ccc(=O)[nH]c1=O)COP(NC(C)C(=O)OC(C)C)Oc1ccccc1. The van der Waals surface area contributed by atoms with E-state index in [-0.39, 0.29) is 18.8 Å². The Hall–Kier alpha value is -2.56. The highest BCUT2D eigenvalue weighted by Gasteiger charge is 2.24. The van der Waals surface area contributed by atoms with E-state index < -0.39 is 31.8 Å². The molecular weight excluding hydrogens is 465 g/mol. The van der Waals surface area contributed by atoms with Gasteiger partial charge in [-0.1, -0.05) is 18.2 Å². The van der Waals surface area contributed by atoms with Gasteiger partial charge in [-0.15, -0.1) is 0 Å². The second-order valence-electron chi connectivity index (χ2n) is 7.24. The van der Waals surface area contributed by atoms with Crippen LogP contribution in [-0.4, -0.2) is 59.7 Å². The van der Waals surface area contributed by atoms with Gasteiger partial charge in [-0.25, -0.2) is 9.88 Å². The second-order valence-corrected chi connectivity index (χ2v) is 8.46. The average molecular weight is 500 g/mol. The number of carbonyl (C=O) groups excluding carboxylic acids is 1. The quantitative estimate of drug-likeness (QED) is 0.278. The maximum atomic E-state index is 12.2. The average Bonchev–Trinajstić information content (AvgIpc) is 2.81. The minimum absolute atomic E-state index is 0.159. The van der Waals surface area contributed by atoms with Gasteiger partial charge in [0, 0.05) is 33.0 Å². The lowest BCUT2D eigenvalue weighted by molar-refractivity contribution is -0.149. The Kier molecular flexibility index (Phi) is 14.0. The standard InChI is InChI=1S/C21H30N3O7P.CH4O/c1-15(2)30-20(26)16(3)23-32(31-17-8-6-5-7-9-17)29-14-18(28-4)10-12-24-13-11-19(25)22-21(24)27;1-2/h5-9,11,13,15-16,18,23H,10,12,14H2,1-4H3,(H,22,25,27);2H,1H3. The van der Waals surface area contributed by atoms with Gasteiger partial charge in [0.2, 0.25) is 0 Å². The van der Waals surface area contributed by atoms with Crippen LogP contribution in [0.25, 0.3) is 0 Å². The summed E-state index contributed by atoms with van der Waals surface area (Å²) in [6.45, 7) is 5.72. The molecule has 0 spiro atoms. The Labute approximate surface area is 200 Å². The molecule has 2 aromatic rings. The zero-order valence-corrected chi connectivity index (χ0v) is 21.0. The first-order chi connectivity index (χ1) is 16.3. The highest BCUT2D eigenvalue weighted by Crippen LogP contribution is 2.36. The molecule has 0 saturated heterocycles. The predicted molar refractivity (Wildman–Crippen MR) is 129 cm³/mol. The van der Waals surface area contributed by atoms with Crippen LogP contribution in [0.2, 0.25) is 0 Å². The smallest absolute Gasteiger partial charge is 0.328 e. The van der Waals surface area contributed by atoms with E-state index >= 15 is 0 Å². The number of ether oxygens (including phenoxy) is 2. The van der Waals surface area contributed by atoms with Gasteiger partial charge in [0.05, 0.1) is 18.8 Å². The summed E-state index contributed by atoms with van der Waals surface area (Å²) >= 11 is 0. The van der Waals surface area contributed by atoms with E-state index in [0.29, 0.717) is 18.7 Å². The number of para-hydroxylation sites is 1. The van der Waals surface area contributed by atoms with E-state index in [0.717, 1.165) is 7.11 Å². The zero-order chi connectivity index (χ0) is 25.5. The van der Waals surface area contributed by atoms with Crippen molar-refractivity contribution in [3.63, 3.8) is 0 Å². The fourth-order valence-electron chi connectivity index (χ4n) is 2.54. The minimum atomic E-state index is -1.69. The van der Waals surface area contributed by atoms with Crippen molar-refractivity contribution < 1.29 is 28.4 Å². The van der Waals surface area contributed by atoms with Crippen molar-refractivity contribution >= 4 is 14.5 Å². The molecule has 2 rings (SSSR count). The number of hydrogen-bond donors (Lipinski definition) is 3. The van der Waals surface area contributed by atoms with Crippen LogP contribution in [0.15, 0.2) is 52.2 Å². The molecule has 34 heavy (non-hydrogen) atoms. The van der Waals surface area contributed by atoms with E-state index in [1.807, 2.05) is 18.2 Å². The Morgan fingerprint density at radius 2 is 1.82 bits per heavy atom. The lowest BCUT2D eigenvalue weighted by atomic mass is 10.2. The summed E-state index contributed by atoms with van der Waals surface area (Å²) < 4.78 is 23.9. The van der Waals surface area contributed by atoms with E-state index in [4.69, 9.17) is 23.6 Å². The number of rotatable bonds is 13. The van der Waals surface area contributed by atoms with Gasteiger partial charge in [-0.3, -0.25) is 14.6 Å². The number of carbonyl (C=O) groups is 1. The number of aromatic amines is 1. The number of aliphatic hydroxyl groups is 1. The first-order valence-electron chi connectivity index (χ1n) is 10.7. The van der Waals surface area contributed by atoms with Gasteiger partial charge in [0.1, 0.15) is 11.8 Å². The monoisotopic (exact) mass is 499 g/mol. The first-order valence-corrected chi connectivity index (χ1v) is 11.9. The van der Waals surface area contributed by atoms with Gasteiger partial charge in [0.15, 0.2) is 0 Å². The molecule has 0 fully saturated rings. The van der Waals surface area contributed by atoms with Gasteiger partial charge in [-0.05, 0) is 39.3 Å². The van der Waals surface area contributed by atoms with Crippen LogP contribution in [0.1, 0.15) is 27.2 Å². The number of nitrogens with zero attached hydrogens (tertiary/aromatic N) is 1. The van der Waals surface area contributed by atoms with Crippen LogP contribution in [0.3, 0.4) is 0 Å². The Morgan fingerprint density at radius 1 is 1.15 bits per heavy atom. The van der Waals surface area contributed by atoms with Crippen molar-refractivity contribution in [1.29, 1.82) is 0 Å². The topological polar surface area (TPSA) is 141 Å². The highest BCUT2D eigenvalue weighted by atomic mass is 31.2. The van der Waals surface area contributed by atoms with Crippen molar-refractivity contribution in [2.45, 2.75) is 52.0 Å². The maximum absolute atomic E-state index is 12.2. The molecule has 1 heterocycles. The number of H-pyrrole nitrogens is 1. The molecule has 0 aliphatic heterocycles. The molecule has 0 saturated carbocycles.